The number of aryl methyl sites for hydroxylation is 1. The third-order valence-corrected chi connectivity index (χ3v) is 5.93. The van der Waals surface area contributed by atoms with Crippen LogP contribution in [0, 0.1) is 6.92 Å². The number of hydrogen-bond acceptors (Lipinski definition) is 5. The zero-order valence-electron chi connectivity index (χ0n) is 19.4. The first kappa shape index (κ1) is 23.2. The van der Waals surface area contributed by atoms with Crippen LogP contribution in [-0.2, 0) is 16.1 Å². The standard InChI is InChI=1S/C28H28N2O4/c1-3-4-15-34-23-13-12-22(16-19(23)2)26(31)24-25(21-10-6-5-7-11-21)30(28(33)27(24)32)18-20-9-8-14-29-17-20/h5-14,16-17,25,31H,3-4,15,18H2,1-2H3/t25-/m1/s1. The molecule has 0 spiro atoms. The molecule has 0 aliphatic carbocycles. The summed E-state index contributed by atoms with van der Waals surface area (Å²) >= 11 is 0. The minimum Gasteiger partial charge on any atom is -0.507 e. The minimum absolute atomic E-state index is 0.0825. The number of carbonyl (C=O) groups is 2. The van der Waals surface area contributed by atoms with E-state index in [1.165, 1.54) is 4.90 Å². The molecule has 1 fully saturated rings. The van der Waals surface area contributed by atoms with E-state index in [2.05, 4.69) is 11.9 Å². The van der Waals surface area contributed by atoms with Crippen LogP contribution >= 0.6 is 0 Å². The Kier molecular flexibility index (Phi) is 7.07. The molecule has 0 saturated carbocycles. The fourth-order valence-electron chi connectivity index (χ4n) is 4.15. The first-order valence-electron chi connectivity index (χ1n) is 11.5. The number of carbonyl (C=O) groups excluding carboxylic acids is 2. The summed E-state index contributed by atoms with van der Waals surface area (Å²) in [5, 5.41) is 11.3. The van der Waals surface area contributed by atoms with E-state index in [0.29, 0.717) is 12.2 Å². The number of aliphatic hydroxyl groups excluding tert-OH is 1. The number of benzene rings is 2. The smallest absolute Gasteiger partial charge is 0.295 e. The molecule has 0 unspecified atom stereocenters. The van der Waals surface area contributed by atoms with E-state index in [4.69, 9.17) is 4.74 Å². The fraction of sp³-hybridized carbons (Fsp3) is 0.250. The van der Waals surface area contributed by atoms with Gasteiger partial charge in [0.1, 0.15) is 11.5 Å². The summed E-state index contributed by atoms with van der Waals surface area (Å²) in [6.45, 7) is 4.83. The molecule has 1 aliphatic rings. The van der Waals surface area contributed by atoms with Gasteiger partial charge in [-0.2, -0.15) is 0 Å². The Morgan fingerprint density at radius 2 is 1.88 bits per heavy atom. The molecule has 0 radical (unpaired) electrons. The first-order valence-corrected chi connectivity index (χ1v) is 11.5. The molecule has 1 N–H and O–H groups in total. The zero-order valence-corrected chi connectivity index (χ0v) is 19.4. The van der Waals surface area contributed by atoms with Crippen molar-refractivity contribution in [2.45, 2.75) is 39.3 Å². The topological polar surface area (TPSA) is 79.7 Å². The van der Waals surface area contributed by atoms with Gasteiger partial charge in [0, 0.05) is 24.5 Å². The molecular formula is C28H28N2O4. The van der Waals surface area contributed by atoms with Crippen molar-refractivity contribution in [2.24, 2.45) is 0 Å². The van der Waals surface area contributed by atoms with Crippen LogP contribution in [0.25, 0.3) is 5.76 Å². The molecule has 2 aromatic carbocycles. The van der Waals surface area contributed by atoms with E-state index in [-0.39, 0.29) is 17.9 Å². The van der Waals surface area contributed by atoms with Crippen LogP contribution in [0.15, 0.2) is 78.6 Å². The van der Waals surface area contributed by atoms with Crippen molar-refractivity contribution >= 4 is 17.4 Å². The van der Waals surface area contributed by atoms with Gasteiger partial charge in [-0.05, 0) is 54.3 Å². The summed E-state index contributed by atoms with van der Waals surface area (Å²) in [5.74, 6) is -0.794. The van der Waals surface area contributed by atoms with Crippen molar-refractivity contribution in [3.05, 3.63) is 101 Å². The van der Waals surface area contributed by atoms with E-state index in [0.717, 1.165) is 35.3 Å². The molecule has 0 bridgehead atoms. The summed E-state index contributed by atoms with van der Waals surface area (Å²) in [7, 11) is 0. The Morgan fingerprint density at radius 1 is 1.09 bits per heavy atom. The van der Waals surface area contributed by atoms with Gasteiger partial charge in [-0.25, -0.2) is 0 Å². The fourth-order valence-corrected chi connectivity index (χ4v) is 4.15. The van der Waals surface area contributed by atoms with Crippen LogP contribution in [0.5, 0.6) is 5.75 Å². The number of aliphatic hydroxyl groups is 1. The SMILES string of the molecule is CCCCOc1ccc(C(O)=C2C(=O)C(=O)N(Cc3cccnc3)[C@@H]2c2ccccc2)cc1C. The lowest BCUT2D eigenvalue weighted by molar-refractivity contribution is -0.140. The number of amides is 1. The van der Waals surface area contributed by atoms with Gasteiger partial charge in [-0.1, -0.05) is 49.7 Å². The molecule has 1 aliphatic heterocycles. The third kappa shape index (κ3) is 4.71. The third-order valence-electron chi connectivity index (χ3n) is 5.93. The van der Waals surface area contributed by atoms with E-state index < -0.39 is 17.7 Å². The van der Waals surface area contributed by atoms with Crippen LogP contribution < -0.4 is 4.74 Å². The van der Waals surface area contributed by atoms with Gasteiger partial charge < -0.3 is 14.7 Å². The zero-order chi connectivity index (χ0) is 24.1. The van der Waals surface area contributed by atoms with Crippen molar-refractivity contribution < 1.29 is 19.4 Å². The van der Waals surface area contributed by atoms with E-state index in [1.54, 1.807) is 36.7 Å². The number of hydrogen-bond donors (Lipinski definition) is 1. The number of likely N-dealkylation sites (tertiary alicyclic amines) is 1. The second kappa shape index (κ2) is 10.3. The van der Waals surface area contributed by atoms with Crippen LogP contribution in [0.4, 0.5) is 0 Å². The Balaban J connectivity index is 1.76. The number of Topliss-reactive ketones (excluding diaryl/α,β-unsaturated/α-hetero) is 1. The van der Waals surface area contributed by atoms with E-state index in [9.17, 15) is 14.7 Å². The van der Waals surface area contributed by atoms with Gasteiger partial charge in [-0.3, -0.25) is 14.6 Å². The predicted molar refractivity (Wildman–Crippen MR) is 130 cm³/mol. The maximum atomic E-state index is 13.2. The molecule has 1 aromatic heterocycles. The lowest BCUT2D eigenvalue weighted by Gasteiger charge is -2.25. The van der Waals surface area contributed by atoms with Crippen LogP contribution in [0.1, 0.15) is 48.1 Å². The Bertz CT molecular complexity index is 1210. The number of ether oxygens (including phenoxy) is 1. The number of aromatic nitrogens is 1. The largest absolute Gasteiger partial charge is 0.507 e. The van der Waals surface area contributed by atoms with Crippen LogP contribution in [-0.4, -0.2) is 33.3 Å². The normalized spacial score (nSPS) is 17.2. The maximum absolute atomic E-state index is 13.2. The van der Waals surface area contributed by atoms with Gasteiger partial charge in [0.2, 0.25) is 0 Å². The van der Waals surface area contributed by atoms with Crippen molar-refractivity contribution in [1.29, 1.82) is 0 Å². The van der Waals surface area contributed by atoms with Crippen molar-refractivity contribution in [3.63, 3.8) is 0 Å². The second-order valence-electron chi connectivity index (χ2n) is 8.38. The molecule has 1 amide bonds. The van der Waals surface area contributed by atoms with Gasteiger partial charge in [0.25, 0.3) is 11.7 Å². The van der Waals surface area contributed by atoms with E-state index in [1.807, 2.05) is 43.3 Å². The summed E-state index contributed by atoms with van der Waals surface area (Å²) in [5.41, 5.74) is 2.96. The average Bonchev–Trinajstić information content (AvgIpc) is 3.11. The monoisotopic (exact) mass is 456 g/mol. The summed E-state index contributed by atoms with van der Waals surface area (Å²) < 4.78 is 5.82. The van der Waals surface area contributed by atoms with Gasteiger partial charge in [-0.15, -0.1) is 0 Å². The number of pyridine rings is 1. The molecule has 174 valence electrons. The molecule has 1 atom stereocenters. The lowest BCUT2D eigenvalue weighted by Crippen LogP contribution is -2.29. The summed E-state index contributed by atoms with van der Waals surface area (Å²) in [6.07, 6.45) is 5.32. The van der Waals surface area contributed by atoms with Gasteiger partial charge in [0.15, 0.2) is 0 Å². The molecule has 4 rings (SSSR count). The van der Waals surface area contributed by atoms with Gasteiger partial charge >= 0.3 is 0 Å². The number of nitrogens with zero attached hydrogens (tertiary/aromatic N) is 2. The maximum Gasteiger partial charge on any atom is 0.295 e. The average molecular weight is 457 g/mol. The number of rotatable bonds is 8. The minimum atomic E-state index is -0.706. The molecule has 3 aromatic rings. The summed E-state index contributed by atoms with van der Waals surface area (Å²) in [6, 6.07) is 17.5. The Morgan fingerprint density at radius 3 is 2.56 bits per heavy atom. The number of unbranched alkanes of at least 4 members (excludes halogenated alkanes) is 1. The van der Waals surface area contributed by atoms with Crippen molar-refractivity contribution in [3.8, 4) is 5.75 Å². The Labute approximate surface area is 199 Å². The highest BCUT2D eigenvalue weighted by Gasteiger charge is 2.46. The van der Waals surface area contributed by atoms with E-state index >= 15 is 0 Å². The molecule has 34 heavy (non-hydrogen) atoms. The highest BCUT2D eigenvalue weighted by Crippen LogP contribution is 2.40. The molecule has 2 heterocycles. The predicted octanol–water partition coefficient (Wildman–Crippen LogP) is 5.19. The van der Waals surface area contributed by atoms with Crippen molar-refractivity contribution in [1.82, 2.24) is 9.88 Å². The van der Waals surface area contributed by atoms with Crippen LogP contribution in [0.3, 0.4) is 0 Å². The molecule has 6 heteroatoms. The molecule has 6 nitrogen and oxygen atoms in total. The highest BCUT2D eigenvalue weighted by molar-refractivity contribution is 6.46. The van der Waals surface area contributed by atoms with Gasteiger partial charge in [0.05, 0.1) is 18.2 Å². The summed E-state index contributed by atoms with van der Waals surface area (Å²) in [4.78, 5) is 31.9. The highest BCUT2D eigenvalue weighted by atomic mass is 16.5. The van der Waals surface area contributed by atoms with Crippen LogP contribution in [0.2, 0.25) is 0 Å². The Hall–Kier alpha value is -3.93. The quantitative estimate of drug-likeness (QED) is 0.218. The molecular weight excluding hydrogens is 428 g/mol. The first-order chi connectivity index (χ1) is 16.5. The lowest BCUT2D eigenvalue weighted by atomic mass is 9.94. The second-order valence-corrected chi connectivity index (χ2v) is 8.38. The number of ketones is 1. The molecule has 1 saturated heterocycles. The van der Waals surface area contributed by atoms with Crippen molar-refractivity contribution in [2.75, 3.05) is 6.61 Å².